The van der Waals surface area contributed by atoms with Crippen LogP contribution in [0.5, 0.6) is 0 Å². The zero-order valence-electron chi connectivity index (χ0n) is 12.0. The third-order valence-corrected chi connectivity index (χ3v) is 3.72. The van der Waals surface area contributed by atoms with E-state index in [2.05, 4.69) is 40.5 Å². The molecule has 1 saturated heterocycles. The van der Waals surface area contributed by atoms with Crippen LogP contribution in [-0.4, -0.2) is 43.8 Å². The molecule has 106 valence electrons. The summed E-state index contributed by atoms with van der Waals surface area (Å²) in [6.07, 6.45) is 2.50. The zero-order chi connectivity index (χ0) is 13.3. The molecule has 0 unspecified atom stereocenters. The fourth-order valence-corrected chi connectivity index (χ4v) is 2.62. The van der Waals surface area contributed by atoms with Crippen molar-refractivity contribution >= 4 is 0 Å². The average Bonchev–Trinajstić information content (AvgIpc) is 2.46. The third-order valence-electron chi connectivity index (χ3n) is 3.72. The molecule has 0 amide bonds. The van der Waals surface area contributed by atoms with Gasteiger partial charge >= 0.3 is 0 Å². The Balaban J connectivity index is 1.62. The van der Waals surface area contributed by atoms with Crippen LogP contribution in [0.3, 0.4) is 0 Å². The highest BCUT2D eigenvalue weighted by molar-refractivity contribution is 5.14. The van der Waals surface area contributed by atoms with E-state index in [0.29, 0.717) is 6.04 Å². The summed E-state index contributed by atoms with van der Waals surface area (Å²) >= 11 is 0. The summed E-state index contributed by atoms with van der Waals surface area (Å²) in [4.78, 5) is 2.55. The molecule has 1 aliphatic rings. The first-order chi connectivity index (χ1) is 9.38. The summed E-state index contributed by atoms with van der Waals surface area (Å²) in [7, 11) is 0. The number of likely N-dealkylation sites (tertiary alicyclic amines) is 1. The molecule has 19 heavy (non-hydrogen) atoms. The van der Waals surface area contributed by atoms with Crippen molar-refractivity contribution in [1.82, 2.24) is 10.2 Å². The quantitative estimate of drug-likeness (QED) is 0.763. The van der Waals surface area contributed by atoms with Crippen molar-refractivity contribution < 1.29 is 4.74 Å². The predicted molar refractivity (Wildman–Crippen MR) is 79.2 cm³/mol. The van der Waals surface area contributed by atoms with E-state index in [4.69, 9.17) is 4.74 Å². The Bertz CT molecular complexity index is 334. The van der Waals surface area contributed by atoms with Crippen LogP contribution in [0, 0.1) is 0 Å². The van der Waals surface area contributed by atoms with Gasteiger partial charge in [0.25, 0.3) is 0 Å². The van der Waals surface area contributed by atoms with E-state index >= 15 is 0 Å². The number of nitrogens with one attached hydrogen (secondary N) is 1. The molecule has 0 atom stereocenters. The van der Waals surface area contributed by atoms with Crippen LogP contribution in [0.2, 0.25) is 0 Å². The maximum Gasteiger partial charge on any atom is 0.0590 e. The van der Waals surface area contributed by atoms with Gasteiger partial charge in [-0.1, -0.05) is 30.3 Å². The first-order valence-electron chi connectivity index (χ1n) is 7.46. The Morgan fingerprint density at radius 1 is 1.21 bits per heavy atom. The molecule has 0 spiro atoms. The molecule has 2 rings (SSSR count). The van der Waals surface area contributed by atoms with Crippen molar-refractivity contribution in [3.05, 3.63) is 35.9 Å². The van der Waals surface area contributed by atoms with E-state index in [1.54, 1.807) is 0 Å². The van der Waals surface area contributed by atoms with Gasteiger partial charge in [-0.15, -0.1) is 0 Å². The van der Waals surface area contributed by atoms with Crippen molar-refractivity contribution in [3.63, 3.8) is 0 Å². The lowest BCUT2D eigenvalue weighted by atomic mass is 10.0. The average molecular weight is 262 g/mol. The smallest absolute Gasteiger partial charge is 0.0590 e. The van der Waals surface area contributed by atoms with Crippen molar-refractivity contribution in [2.24, 2.45) is 0 Å². The molecule has 1 fully saturated rings. The van der Waals surface area contributed by atoms with Crippen molar-refractivity contribution in [1.29, 1.82) is 0 Å². The normalized spacial score (nSPS) is 17.7. The molecule has 3 nitrogen and oxygen atoms in total. The maximum absolute atomic E-state index is 5.35. The highest BCUT2D eigenvalue weighted by atomic mass is 16.5. The van der Waals surface area contributed by atoms with E-state index in [9.17, 15) is 0 Å². The SMILES string of the molecule is CCOCCNC1CCN(Cc2ccccc2)CC1. The summed E-state index contributed by atoms with van der Waals surface area (Å²) in [6, 6.07) is 11.4. The van der Waals surface area contributed by atoms with Gasteiger partial charge in [-0.25, -0.2) is 0 Å². The summed E-state index contributed by atoms with van der Waals surface area (Å²) in [5.74, 6) is 0. The Hall–Kier alpha value is -0.900. The van der Waals surface area contributed by atoms with Gasteiger partial charge < -0.3 is 10.1 Å². The molecule has 0 aliphatic carbocycles. The van der Waals surface area contributed by atoms with E-state index in [0.717, 1.165) is 26.3 Å². The number of benzene rings is 1. The second kappa shape index (κ2) is 8.31. The minimum Gasteiger partial charge on any atom is -0.380 e. The molecule has 1 N–H and O–H groups in total. The molecule has 0 aromatic heterocycles. The fourth-order valence-electron chi connectivity index (χ4n) is 2.62. The van der Waals surface area contributed by atoms with Crippen molar-refractivity contribution in [3.8, 4) is 0 Å². The molecule has 1 aromatic rings. The lowest BCUT2D eigenvalue weighted by molar-refractivity contribution is 0.138. The summed E-state index contributed by atoms with van der Waals surface area (Å²) < 4.78 is 5.35. The van der Waals surface area contributed by atoms with Gasteiger partial charge in [0, 0.05) is 25.7 Å². The Morgan fingerprint density at radius 3 is 2.63 bits per heavy atom. The number of ether oxygens (including phenoxy) is 1. The zero-order valence-corrected chi connectivity index (χ0v) is 12.0. The van der Waals surface area contributed by atoms with Crippen LogP contribution in [0.15, 0.2) is 30.3 Å². The van der Waals surface area contributed by atoms with Crippen molar-refractivity contribution in [2.45, 2.75) is 32.4 Å². The lowest BCUT2D eigenvalue weighted by Gasteiger charge is -2.32. The van der Waals surface area contributed by atoms with Crippen LogP contribution in [0.1, 0.15) is 25.3 Å². The standard InChI is InChI=1S/C16H26N2O/c1-2-19-13-10-17-16-8-11-18(12-9-16)14-15-6-4-3-5-7-15/h3-7,16-17H,2,8-14H2,1H3. The predicted octanol–water partition coefficient (Wildman–Crippen LogP) is 2.28. The minimum atomic E-state index is 0.674. The number of nitrogens with zero attached hydrogens (tertiary/aromatic N) is 1. The molecule has 3 heteroatoms. The number of hydrogen-bond acceptors (Lipinski definition) is 3. The Kier molecular flexibility index (Phi) is 6.34. The van der Waals surface area contributed by atoms with Gasteiger partial charge in [0.15, 0.2) is 0 Å². The molecular weight excluding hydrogens is 236 g/mol. The molecule has 1 aliphatic heterocycles. The van der Waals surface area contributed by atoms with E-state index in [-0.39, 0.29) is 0 Å². The lowest BCUT2D eigenvalue weighted by Crippen LogP contribution is -2.43. The van der Waals surface area contributed by atoms with Crippen LogP contribution in [0.4, 0.5) is 0 Å². The van der Waals surface area contributed by atoms with E-state index in [1.165, 1.54) is 31.5 Å². The number of piperidine rings is 1. The van der Waals surface area contributed by atoms with E-state index in [1.807, 2.05) is 6.92 Å². The first-order valence-corrected chi connectivity index (χ1v) is 7.46. The third kappa shape index (κ3) is 5.31. The van der Waals surface area contributed by atoms with Gasteiger partial charge in [0.2, 0.25) is 0 Å². The van der Waals surface area contributed by atoms with Crippen LogP contribution >= 0.6 is 0 Å². The highest BCUT2D eigenvalue weighted by Crippen LogP contribution is 2.13. The molecule has 0 radical (unpaired) electrons. The van der Waals surface area contributed by atoms with E-state index < -0.39 is 0 Å². The number of rotatable bonds is 7. The van der Waals surface area contributed by atoms with Crippen molar-refractivity contribution in [2.75, 3.05) is 32.8 Å². The highest BCUT2D eigenvalue weighted by Gasteiger charge is 2.18. The van der Waals surface area contributed by atoms with Gasteiger partial charge in [0.05, 0.1) is 6.61 Å². The topological polar surface area (TPSA) is 24.5 Å². The summed E-state index contributed by atoms with van der Waals surface area (Å²) in [5.41, 5.74) is 1.42. The second-order valence-electron chi connectivity index (χ2n) is 5.19. The second-order valence-corrected chi connectivity index (χ2v) is 5.19. The molecular formula is C16H26N2O. The van der Waals surface area contributed by atoms with Gasteiger partial charge in [-0.05, 0) is 38.4 Å². The molecule has 1 aromatic carbocycles. The Labute approximate surface area is 116 Å². The minimum absolute atomic E-state index is 0.674. The molecule has 0 saturated carbocycles. The summed E-state index contributed by atoms with van der Waals surface area (Å²) in [5, 5.41) is 3.59. The van der Waals surface area contributed by atoms with Gasteiger partial charge in [-0.3, -0.25) is 4.90 Å². The van der Waals surface area contributed by atoms with Crippen LogP contribution in [-0.2, 0) is 11.3 Å². The van der Waals surface area contributed by atoms with Crippen LogP contribution in [0.25, 0.3) is 0 Å². The fraction of sp³-hybridized carbons (Fsp3) is 0.625. The number of hydrogen-bond donors (Lipinski definition) is 1. The largest absolute Gasteiger partial charge is 0.380 e. The summed E-state index contributed by atoms with van der Waals surface area (Å²) in [6.45, 7) is 8.16. The molecule has 1 heterocycles. The Morgan fingerprint density at radius 2 is 1.95 bits per heavy atom. The molecule has 0 bridgehead atoms. The van der Waals surface area contributed by atoms with Gasteiger partial charge in [0.1, 0.15) is 0 Å². The first kappa shape index (κ1) is 14.5. The van der Waals surface area contributed by atoms with Crippen LogP contribution < -0.4 is 5.32 Å². The van der Waals surface area contributed by atoms with Gasteiger partial charge in [-0.2, -0.15) is 0 Å². The monoisotopic (exact) mass is 262 g/mol. The maximum atomic E-state index is 5.35.